The highest BCUT2D eigenvalue weighted by Gasteiger charge is 2.74. The van der Waals surface area contributed by atoms with Crippen LogP contribution in [0.1, 0.15) is 100 Å². The predicted octanol–water partition coefficient (Wildman–Crippen LogP) is 3.97. The van der Waals surface area contributed by atoms with Crippen LogP contribution in [0.5, 0.6) is 0 Å². The standard InChI is InChI=1S/C30H48O6/c1-25(2,35)14-13-22(33)30(8,36)24-19(31)15-27(5)20-11-9-17-18(10-12-21(32)26(17,3)4)29(20,7)23(34)16-28(24,27)6/h9,18-21,24,31-32,35-36H,10-16H2,1-8H3/t18-,19-,20+,21-,24+,27+,28-,29+,30+/m1/s1. The molecule has 204 valence electrons. The smallest absolute Gasteiger partial charge is 0.164 e. The average Bonchev–Trinajstić information content (AvgIpc) is 2.94. The van der Waals surface area contributed by atoms with Gasteiger partial charge in [-0.25, -0.2) is 0 Å². The summed E-state index contributed by atoms with van der Waals surface area (Å²) in [5.41, 5.74) is -3.86. The number of Topliss-reactive ketones (excluding diaryl/α,β-unsaturated/α-hetero) is 2. The number of carbonyl (C=O) groups is 2. The molecule has 0 amide bonds. The summed E-state index contributed by atoms with van der Waals surface area (Å²) >= 11 is 0. The van der Waals surface area contributed by atoms with Gasteiger partial charge in [-0.15, -0.1) is 0 Å². The molecule has 0 aromatic rings. The maximum Gasteiger partial charge on any atom is 0.164 e. The Balaban J connectivity index is 1.75. The lowest BCUT2D eigenvalue weighted by Gasteiger charge is -2.64. The monoisotopic (exact) mass is 504 g/mol. The lowest BCUT2D eigenvalue weighted by atomic mass is 9.38. The van der Waals surface area contributed by atoms with Crippen LogP contribution < -0.4 is 0 Å². The van der Waals surface area contributed by atoms with Crippen molar-refractivity contribution in [2.24, 2.45) is 39.4 Å². The zero-order valence-corrected chi connectivity index (χ0v) is 23.5. The number of aliphatic hydroxyl groups is 4. The highest BCUT2D eigenvalue weighted by molar-refractivity contribution is 5.90. The summed E-state index contributed by atoms with van der Waals surface area (Å²) in [5.74, 6) is -0.998. The molecule has 0 aliphatic heterocycles. The average molecular weight is 505 g/mol. The molecule has 3 saturated carbocycles. The van der Waals surface area contributed by atoms with Crippen LogP contribution in [0.4, 0.5) is 0 Å². The molecule has 9 atom stereocenters. The minimum absolute atomic E-state index is 0.00713. The first-order chi connectivity index (χ1) is 16.2. The van der Waals surface area contributed by atoms with Crippen molar-refractivity contribution in [1.29, 1.82) is 0 Å². The Kier molecular flexibility index (Phi) is 6.37. The van der Waals surface area contributed by atoms with E-state index in [0.29, 0.717) is 19.3 Å². The van der Waals surface area contributed by atoms with E-state index in [0.717, 1.165) is 6.42 Å². The Morgan fingerprint density at radius 2 is 1.64 bits per heavy atom. The number of allylic oxidation sites excluding steroid dienone is 1. The largest absolute Gasteiger partial charge is 0.393 e. The molecule has 4 rings (SSSR count). The third-order valence-electron chi connectivity index (χ3n) is 11.7. The van der Waals surface area contributed by atoms with Crippen LogP contribution in [-0.2, 0) is 9.59 Å². The summed E-state index contributed by atoms with van der Waals surface area (Å²) in [6, 6.07) is 0. The molecule has 4 aliphatic rings. The summed E-state index contributed by atoms with van der Waals surface area (Å²) in [6.07, 6.45) is 3.88. The van der Waals surface area contributed by atoms with E-state index < -0.39 is 51.4 Å². The van der Waals surface area contributed by atoms with Gasteiger partial charge in [0.2, 0.25) is 0 Å². The first kappa shape index (κ1) is 27.9. The minimum atomic E-state index is -1.81. The van der Waals surface area contributed by atoms with Gasteiger partial charge in [-0.05, 0) is 75.5 Å². The molecule has 6 heteroatoms. The zero-order chi connectivity index (χ0) is 27.3. The van der Waals surface area contributed by atoms with Crippen molar-refractivity contribution in [3.05, 3.63) is 11.6 Å². The van der Waals surface area contributed by atoms with E-state index in [1.807, 2.05) is 6.92 Å². The molecule has 36 heavy (non-hydrogen) atoms. The third-order valence-corrected chi connectivity index (χ3v) is 11.7. The van der Waals surface area contributed by atoms with E-state index in [1.165, 1.54) is 12.5 Å². The maximum absolute atomic E-state index is 14.2. The second-order valence-corrected chi connectivity index (χ2v) is 14.7. The SMILES string of the molecule is CC(C)(O)CCC(=O)[C@](C)(O)[C@H]1[C@H](O)C[C@@]2(C)[C@@H]3CC=C4[C@@H](CC[C@@H](O)C4(C)C)[C@]3(C)C(=O)C[C@]12C. The molecule has 4 aliphatic carbocycles. The van der Waals surface area contributed by atoms with E-state index in [2.05, 4.69) is 33.8 Å². The van der Waals surface area contributed by atoms with Crippen molar-refractivity contribution < 1.29 is 30.0 Å². The van der Waals surface area contributed by atoms with E-state index in [9.17, 15) is 30.0 Å². The van der Waals surface area contributed by atoms with Crippen molar-refractivity contribution in [2.45, 2.75) is 124 Å². The number of rotatable bonds is 5. The fourth-order valence-electron chi connectivity index (χ4n) is 9.34. The summed E-state index contributed by atoms with van der Waals surface area (Å²) in [7, 11) is 0. The van der Waals surface area contributed by atoms with Gasteiger partial charge in [-0.3, -0.25) is 9.59 Å². The number of ketones is 2. The molecule has 0 aromatic heterocycles. The molecule has 0 radical (unpaired) electrons. The number of aliphatic hydroxyl groups excluding tert-OH is 2. The first-order valence-corrected chi connectivity index (χ1v) is 13.8. The Bertz CT molecular complexity index is 972. The molecule has 0 spiro atoms. The van der Waals surface area contributed by atoms with Crippen molar-refractivity contribution in [1.82, 2.24) is 0 Å². The normalized spacial score (nSPS) is 45.7. The number of carbonyl (C=O) groups excluding carboxylic acids is 2. The van der Waals surface area contributed by atoms with Crippen LogP contribution in [0.2, 0.25) is 0 Å². The quantitative estimate of drug-likeness (QED) is 0.421. The van der Waals surface area contributed by atoms with Gasteiger partial charge < -0.3 is 20.4 Å². The Labute approximate surface area is 216 Å². The Hall–Kier alpha value is -1.08. The number of hydrogen-bond acceptors (Lipinski definition) is 6. The topological polar surface area (TPSA) is 115 Å². The van der Waals surface area contributed by atoms with Gasteiger partial charge >= 0.3 is 0 Å². The van der Waals surface area contributed by atoms with Gasteiger partial charge in [-0.2, -0.15) is 0 Å². The van der Waals surface area contributed by atoms with Crippen molar-refractivity contribution in [3.8, 4) is 0 Å². The summed E-state index contributed by atoms with van der Waals surface area (Å²) in [5, 5.41) is 44.0. The Morgan fingerprint density at radius 1 is 1.03 bits per heavy atom. The lowest BCUT2D eigenvalue weighted by Crippen LogP contribution is -2.64. The molecular weight excluding hydrogens is 456 g/mol. The summed E-state index contributed by atoms with van der Waals surface area (Å²) < 4.78 is 0. The van der Waals surface area contributed by atoms with Gasteiger partial charge in [0.15, 0.2) is 5.78 Å². The van der Waals surface area contributed by atoms with E-state index >= 15 is 0 Å². The summed E-state index contributed by atoms with van der Waals surface area (Å²) in [6.45, 7) is 15.2. The molecule has 4 N–H and O–H groups in total. The third kappa shape index (κ3) is 3.65. The lowest BCUT2D eigenvalue weighted by molar-refractivity contribution is -0.184. The van der Waals surface area contributed by atoms with Crippen LogP contribution in [0, 0.1) is 39.4 Å². The maximum atomic E-state index is 14.2. The molecular formula is C30H48O6. The van der Waals surface area contributed by atoms with E-state index in [1.54, 1.807) is 13.8 Å². The fourth-order valence-corrected chi connectivity index (χ4v) is 9.34. The summed E-state index contributed by atoms with van der Waals surface area (Å²) in [4.78, 5) is 27.5. The van der Waals surface area contributed by atoms with Crippen molar-refractivity contribution >= 4 is 11.6 Å². The second kappa shape index (κ2) is 8.21. The van der Waals surface area contributed by atoms with Gasteiger partial charge in [-0.1, -0.05) is 46.3 Å². The van der Waals surface area contributed by atoms with Crippen molar-refractivity contribution in [2.75, 3.05) is 0 Å². The predicted molar refractivity (Wildman–Crippen MR) is 138 cm³/mol. The van der Waals surface area contributed by atoms with E-state index in [4.69, 9.17) is 0 Å². The van der Waals surface area contributed by atoms with E-state index in [-0.39, 0.29) is 42.3 Å². The van der Waals surface area contributed by atoms with Crippen LogP contribution >= 0.6 is 0 Å². The van der Waals surface area contributed by atoms with Gasteiger partial charge in [0.05, 0.1) is 17.8 Å². The van der Waals surface area contributed by atoms with Gasteiger partial charge in [0.25, 0.3) is 0 Å². The molecule has 0 aromatic carbocycles. The van der Waals surface area contributed by atoms with Gasteiger partial charge in [0.1, 0.15) is 11.4 Å². The number of fused-ring (bicyclic) bond motifs is 5. The first-order valence-electron chi connectivity index (χ1n) is 13.8. The second-order valence-electron chi connectivity index (χ2n) is 14.7. The van der Waals surface area contributed by atoms with Crippen LogP contribution in [-0.4, -0.2) is 55.4 Å². The Morgan fingerprint density at radius 3 is 2.22 bits per heavy atom. The fraction of sp³-hybridized carbons (Fsp3) is 0.867. The van der Waals surface area contributed by atoms with Crippen LogP contribution in [0.25, 0.3) is 0 Å². The highest BCUT2D eigenvalue weighted by atomic mass is 16.3. The van der Waals surface area contributed by atoms with Crippen molar-refractivity contribution in [3.63, 3.8) is 0 Å². The molecule has 0 saturated heterocycles. The molecule has 6 nitrogen and oxygen atoms in total. The zero-order valence-electron chi connectivity index (χ0n) is 23.5. The molecule has 0 unspecified atom stereocenters. The molecule has 3 fully saturated rings. The highest BCUT2D eigenvalue weighted by Crippen LogP contribution is 2.74. The van der Waals surface area contributed by atoms with Gasteiger partial charge in [0, 0.05) is 29.6 Å². The minimum Gasteiger partial charge on any atom is -0.393 e. The van der Waals surface area contributed by atoms with Crippen LogP contribution in [0.15, 0.2) is 11.6 Å². The number of hydrogen-bond donors (Lipinski definition) is 4. The van der Waals surface area contributed by atoms with Crippen LogP contribution in [0.3, 0.4) is 0 Å². The molecule has 0 heterocycles. The molecule has 0 bridgehead atoms.